The van der Waals surface area contributed by atoms with Crippen molar-refractivity contribution in [2.75, 3.05) is 6.54 Å². The summed E-state index contributed by atoms with van der Waals surface area (Å²) in [7, 11) is 0. The minimum atomic E-state index is 0.0899. The molecule has 102 valence electrons. The van der Waals surface area contributed by atoms with E-state index in [0.717, 1.165) is 18.5 Å². The van der Waals surface area contributed by atoms with Gasteiger partial charge in [0.1, 0.15) is 0 Å². The molecule has 1 aliphatic rings. The van der Waals surface area contributed by atoms with Gasteiger partial charge in [-0.05, 0) is 65.0 Å². The molecule has 1 aromatic rings. The highest BCUT2D eigenvalue weighted by Gasteiger charge is 2.32. The second kappa shape index (κ2) is 5.04. The molecule has 3 nitrogen and oxygen atoms in total. The van der Waals surface area contributed by atoms with E-state index in [-0.39, 0.29) is 5.54 Å². The summed E-state index contributed by atoms with van der Waals surface area (Å²) < 4.78 is 2.12. The van der Waals surface area contributed by atoms with Crippen molar-refractivity contribution < 1.29 is 0 Å². The highest BCUT2D eigenvalue weighted by Crippen LogP contribution is 2.38. The van der Waals surface area contributed by atoms with Crippen molar-refractivity contribution >= 4 is 0 Å². The van der Waals surface area contributed by atoms with Gasteiger partial charge in [0.2, 0.25) is 0 Å². The molecule has 0 unspecified atom stereocenters. The molecule has 18 heavy (non-hydrogen) atoms. The maximum Gasteiger partial charge on any atom is 0.0628 e. The fourth-order valence-corrected chi connectivity index (χ4v) is 2.60. The standard InChI is InChI=1S/C15H27N3/c1-6-7-16-13-8-12(9-13)14-10-18(15(3,4)5)17-11(14)2/h10,12-13,16H,6-9H2,1-5H3. The lowest BCUT2D eigenvalue weighted by Gasteiger charge is -2.36. The van der Waals surface area contributed by atoms with Gasteiger partial charge < -0.3 is 5.32 Å². The Morgan fingerprint density at radius 1 is 1.39 bits per heavy atom. The third-order valence-electron chi connectivity index (χ3n) is 3.89. The maximum absolute atomic E-state index is 4.67. The van der Waals surface area contributed by atoms with Gasteiger partial charge in [-0.2, -0.15) is 5.10 Å². The molecule has 0 amide bonds. The van der Waals surface area contributed by atoms with Crippen molar-refractivity contribution in [2.45, 2.75) is 71.4 Å². The summed E-state index contributed by atoms with van der Waals surface area (Å²) in [5, 5.41) is 8.27. The Bertz CT molecular complexity index is 394. The third-order valence-corrected chi connectivity index (χ3v) is 3.89. The zero-order valence-electron chi connectivity index (χ0n) is 12.5. The summed E-state index contributed by atoms with van der Waals surface area (Å²) in [6.45, 7) is 12.1. The molecule has 3 heteroatoms. The van der Waals surface area contributed by atoms with E-state index in [1.54, 1.807) is 0 Å². The summed E-state index contributed by atoms with van der Waals surface area (Å²) in [6, 6.07) is 0.729. The number of hydrogen-bond donors (Lipinski definition) is 1. The molecular formula is C15H27N3. The van der Waals surface area contributed by atoms with Gasteiger partial charge in [-0.25, -0.2) is 0 Å². The van der Waals surface area contributed by atoms with Crippen LogP contribution in [-0.4, -0.2) is 22.4 Å². The third kappa shape index (κ3) is 2.77. The first-order valence-corrected chi connectivity index (χ1v) is 7.22. The van der Waals surface area contributed by atoms with Crippen LogP contribution in [0.3, 0.4) is 0 Å². The van der Waals surface area contributed by atoms with Gasteiger partial charge in [-0.3, -0.25) is 4.68 Å². The van der Waals surface area contributed by atoms with E-state index in [0.29, 0.717) is 0 Å². The monoisotopic (exact) mass is 249 g/mol. The molecule has 1 aliphatic carbocycles. The molecule has 0 aliphatic heterocycles. The van der Waals surface area contributed by atoms with Crippen molar-refractivity contribution in [1.29, 1.82) is 0 Å². The molecule has 1 aromatic heterocycles. The minimum Gasteiger partial charge on any atom is -0.314 e. The number of aromatic nitrogens is 2. The molecule has 0 radical (unpaired) electrons. The van der Waals surface area contributed by atoms with E-state index in [9.17, 15) is 0 Å². The number of rotatable bonds is 4. The van der Waals surface area contributed by atoms with E-state index in [4.69, 9.17) is 0 Å². The summed E-state index contributed by atoms with van der Waals surface area (Å²) in [5.74, 6) is 0.718. The van der Waals surface area contributed by atoms with Crippen LogP contribution in [0.2, 0.25) is 0 Å². The molecule has 1 saturated carbocycles. The highest BCUT2D eigenvalue weighted by molar-refractivity contribution is 5.24. The van der Waals surface area contributed by atoms with Crippen LogP contribution < -0.4 is 5.32 Å². The van der Waals surface area contributed by atoms with E-state index in [1.165, 1.54) is 30.5 Å². The Morgan fingerprint density at radius 2 is 2.06 bits per heavy atom. The first-order chi connectivity index (χ1) is 8.41. The number of hydrogen-bond acceptors (Lipinski definition) is 2. The Balaban J connectivity index is 1.97. The van der Waals surface area contributed by atoms with E-state index in [2.05, 4.69) is 55.9 Å². The van der Waals surface area contributed by atoms with Gasteiger partial charge in [-0.1, -0.05) is 6.92 Å². The average Bonchev–Trinajstić information content (AvgIpc) is 2.58. The number of aryl methyl sites for hydroxylation is 1. The summed E-state index contributed by atoms with van der Waals surface area (Å²) in [4.78, 5) is 0. The predicted molar refractivity (Wildman–Crippen MR) is 76.0 cm³/mol. The van der Waals surface area contributed by atoms with Crippen LogP contribution in [0.15, 0.2) is 6.20 Å². The van der Waals surface area contributed by atoms with Crippen molar-refractivity contribution in [3.63, 3.8) is 0 Å². The Morgan fingerprint density at radius 3 is 2.56 bits per heavy atom. The first-order valence-electron chi connectivity index (χ1n) is 7.22. The maximum atomic E-state index is 4.67. The van der Waals surface area contributed by atoms with E-state index >= 15 is 0 Å². The zero-order valence-corrected chi connectivity index (χ0v) is 12.5. The summed E-state index contributed by atoms with van der Waals surface area (Å²) in [5.41, 5.74) is 2.76. The van der Waals surface area contributed by atoms with Crippen molar-refractivity contribution in [2.24, 2.45) is 0 Å². The molecular weight excluding hydrogens is 222 g/mol. The highest BCUT2D eigenvalue weighted by atomic mass is 15.3. The smallest absolute Gasteiger partial charge is 0.0628 e. The fraction of sp³-hybridized carbons (Fsp3) is 0.800. The molecule has 0 saturated heterocycles. The number of nitrogens with zero attached hydrogens (tertiary/aromatic N) is 2. The molecule has 1 heterocycles. The van der Waals surface area contributed by atoms with Gasteiger partial charge >= 0.3 is 0 Å². The lowest BCUT2D eigenvalue weighted by atomic mass is 9.76. The predicted octanol–water partition coefficient (Wildman–Crippen LogP) is 3.19. The Hall–Kier alpha value is -0.830. The number of nitrogens with one attached hydrogen (secondary N) is 1. The van der Waals surface area contributed by atoms with E-state index < -0.39 is 0 Å². The van der Waals surface area contributed by atoms with Crippen molar-refractivity contribution in [3.05, 3.63) is 17.5 Å². The van der Waals surface area contributed by atoms with Crippen LogP contribution in [0, 0.1) is 6.92 Å². The van der Waals surface area contributed by atoms with Gasteiger partial charge in [-0.15, -0.1) is 0 Å². The zero-order chi connectivity index (χ0) is 13.3. The van der Waals surface area contributed by atoms with Gasteiger partial charge in [0, 0.05) is 12.2 Å². The second-order valence-electron chi connectivity index (χ2n) is 6.60. The largest absolute Gasteiger partial charge is 0.314 e. The average molecular weight is 249 g/mol. The van der Waals surface area contributed by atoms with Gasteiger partial charge in [0.05, 0.1) is 11.2 Å². The molecule has 1 N–H and O–H groups in total. The van der Waals surface area contributed by atoms with Gasteiger partial charge in [0.15, 0.2) is 0 Å². The Kier molecular flexibility index (Phi) is 3.81. The molecule has 0 atom stereocenters. The van der Waals surface area contributed by atoms with Crippen LogP contribution >= 0.6 is 0 Å². The molecule has 0 spiro atoms. The summed E-state index contributed by atoms with van der Waals surface area (Å²) >= 11 is 0. The van der Waals surface area contributed by atoms with Crippen LogP contribution in [0.5, 0.6) is 0 Å². The molecule has 0 aromatic carbocycles. The minimum absolute atomic E-state index is 0.0899. The van der Waals surface area contributed by atoms with E-state index in [1.807, 2.05) is 0 Å². The second-order valence-corrected chi connectivity index (χ2v) is 6.60. The van der Waals surface area contributed by atoms with Crippen LogP contribution in [-0.2, 0) is 5.54 Å². The van der Waals surface area contributed by atoms with Crippen molar-refractivity contribution in [3.8, 4) is 0 Å². The topological polar surface area (TPSA) is 29.9 Å². The SMILES string of the molecule is CCCNC1CC(c2cn(C(C)(C)C)nc2C)C1. The fourth-order valence-electron chi connectivity index (χ4n) is 2.60. The molecule has 1 fully saturated rings. The Labute approximate surface area is 111 Å². The van der Waals surface area contributed by atoms with Crippen LogP contribution in [0.25, 0.3) is 0 Å². The molecule has 0 bridgehead atoms. The lowest BCUT2D eigenvalue weighted by molar-refractivity contribution is 0.290. The van der Waals surface area contributed by atoms with Crippen LogP contribution in [0.4, 0.5) is 0 Å². The van der Waals surface area contributed by atoms with Gasteiger partial charge in [0.25, 0.3) is 0 Å². The van der Waals surface area contributed by atoms with Crippen molar-refractivity contribution in [1.82, 2.24) is 15.1 Å². The normalized spacial score (nSPS) is 24.1. The summed E-state index contributed by atoms with van der Waals surface area (Å²) in [6.07, 6.45) is 6.03. The quantitative estimate of drug-likeness (QED) is 0.888. The van der Waals surface area contributed by atoms with Crippen LogP contribution in [0.1, 0.15) is 64.1 Å². The lowest BCUT2D eigenvalue weighted by Crippen LogP contribution is -2.40. The molecule has 2 rings (SSSR count). The first kappa shape index (κ1) is 13.6.